The molecule has 0 saturated heterocycles. The second kappa shape index (κ2) is 5.36. The lowest BCUT2D eigenvalue weighted by Gasteiger charge is -2.48. The van der Waals surface area contributed by atoms with Gasteiger partial charge in [0.25, 0.3) is 0 Å². The summed E-state index contributed by atoms with van der Waals surface area (Å²) in [5.41, 5.74) is 3.10. The lowest BCUT2D eigenvalue weighted by Crippen LogP contribution is -2.62. The Kier molecular flexibility index (Phi) is 3.87. The predicted molar refractivity (Wildman–Crippen MR) is 92.0 cm³/mol. The topological polar surface area (TPSA) is 116 Å². The van der Waals surface area contributed by atoms with Gasteiger partial charge < -0.3 is 5.73 Å². The van der Waals surface area contributed by atoms with Gasteiger partial charge in [-0.15, -0.1) is 0 Å². The first kappa shape index (κ1) is 18.0. The summed E-state index contributed by atoms with van der Waals surface area (Å²) in [5, 5.41) is 11.1. The summed E-state index contributed by atoms with van der Waals surface area (Å²) in [4.78, 5) is 15.0. The van der Waals surface area contributed by atoms with Crippen molar-refractivity contribution >= 4 is 15.7 Å². The number of nitrogens with zero attached hydrogens (tertiary/aromatic N) is 2. The van der Waals surface area contributed by atoms with E-state index in [4.69, 9.17) is 5.73 Å². The van der Waals surface area contributed by atoms with E-state index in [0.29, 0.717) is 12.8 Å². The second-order valence-corrected chi connectivity index (χ2v) is 9.97. The molecular weight excluding hydrogens is 349 g/mol. The smallest absolute Gasteiger partial charge is 0.247 e. The molecule has 1 unspecified atom stereocenters. The molecule has 0 aromatic rings. The van der Waals surface area contributed by atoms with Crippen molar-refractivity contribution in [3.8, 4) is 0 Å². The van der Waals surface area contributed by atoms with Gasteiger partial charge in [0.15, 0.2) is 9.84 Å². The summed E-state index contributed by atoms with van der Waals surface area (Å²) >= 11 is 0. The normalized spacial score (nSPS) is 36.5. The van der Waals surface area contributed by atoms with Gasteiger partial charge >= 0.3 is 0 Å². The first-order valence-corrected chi connectivity index (χ1v) is 9.92. The number of nitro groups is 1. The Balaban J connectivity index is 2.11. The molecule has 1 heterocycles. The average Bonchev–Trinajstić information content (AvgIpc) is 2.99. The zero-order valence-electron chi connectivity index (χ0n) is 14.3. The molecule has 3 rings (SSSR count). The fourth-order valence-corrected chi connectivity index (χ4v) is 6.97. The molecule has 0 aromatic carbocycles. The Morgan fingerprint density at radius 2 is 1.88 bits per heavy atom. The van der Waals surface area contributed by atoms with Crippen LogP contribution in [0.4, 0.5) is 4.39 Å². The quantitative estimate of drug-likeness (QED) is 0.590. The summed E-state index contributed by atoms with van der Waals surface area (Å²) in [6, 6.07) is 0. The van der Waals surface area contributed by atoms with E-state index in [2.05, 4.69) is 4.99 Å². The molecule has 2 aliphatic carbocycles. The van der Waals surface area contributed by atoms with Crippen molar-refractivity contribution in [3.63, 3.8) is 0 Å². The number of allylic oxidation sites excluding steroid dienone is 3. The average molecular weight is 371 g/mol. The van der Waals surface area contributed by atoms with E-state index in [1.807, 2.05) is 0 Å². The van der Waals surface area contributed by atoms with E-state index in [-0.39, 0.29) is 23.7 Å². The Morgan fingerprint density at radius 1 is 1.28 bits per heavy atom. The first-order chi connectivity index (χ1) is 11.5. The molecule has 2 atom stereocenters. The lowest BCUT2D eigenvalue weighted by molar-refractivity contribution is -0.430. The van der Waals surface area contributed by atoms with Gasteiger partial charge in [-0.25, -0.2) is 12.8 Å². The molecule has 1 aliphatic heterocycles. The molecule has 1 spiro atoms. The van der Waals surface area contributed by atoms with Crippen molar-refractivity contribution in [2.75, 3.05) is 5.75 Å². The third kappa shape index (κ3) is 2.35. The third-order valence-electron chi connectivity index (χ3n) is 6.22. The number of hydrogen-bond acceptors (Lipinski definition) is 6. The van der Waals surface area contributed by atoms with E-state index in [1.54, 1.807) is 0 Å². The minimum Gasteiger partial charge on any atom is -0.386 e. The molecule has 0 amide bonds. The van der Waals surface area contributed by atoms with Gasteiger partial charge in [-0.2, -0.15) is 0 Å². The van der Waals surface area contributed by atoms with Crippen LogP contribution < -0.4 is 5.73 Å². The minimum absolute atomic E-state index is 0.0185. The van der Waals surface area contributed by atoms with Gasteiger partial charge in [-0.05, 0) is 25.8 Å². The highest BCUT2D eigenvalue weighted by atomic mass is 32.2. The van der Waals surface area contributed by atoms with Gasteiger partial charge in [0.05, 0.1) is 28.1 Å². The lowest BCUT2D eigenvalue weighted by atomic mass is 9.67. The largest absolute Gasteiger partial charge is 0.386 e. The molecule has 0 aromatic heterocycles. The highest BCUT2D eigenvalue weighted by Crippen LogP contribution is 2.53. The van der Waals surface area contributed by atoms with Crippen molar-refractivity contribution in [3.05, 3.63) is 33.8 Å². The van der Waals surface area contributed by atoms with Crippen LogP contribution in [0, 0.1) is 15.5 Å². The Morgan fingerprint density at radius 3 is 2.40 bits per heavy atom. The van der Waals surface area contributed by atoms with Gasteiger partial charge in [-0.3, -0.25) is 15.1 Å². The van der Waals surface area contributed by atoms with E-state index >= 15 is 0 Å². The van der Waals surface area contributed by atoms with Crippen molar-refractivity contribution in [2.45, 2.75) is 56.2 Å². The van der Waals surface area contributed by atoms with Crippen LogP contribution in [0.1, 0.15) is 46.0 Å². The number of rotatable bonds is 2. The van der Waals surface area contributed by atoms with Crippen LogP contribution in [0.3, 0.4) is 0 Å². The molecule has 7 nitrogen and oxygen atoms in total. The van der Waals surface area contributed by atoms with Gasteiger partial charge in [0.2, 0.25) is 5.70 Å². The second-order valence-electron chi connectivity index (χ2n) is 7.67. The van der Waals surface area contributed by atoms with Crippen molar-refractivity contribution in [1.29, 1.82) is 0 Å². The SMILES string of the molecule is CC1([C@]2(C)CS(=O)(=O)C3(CCCC3)C(N)=N2)CC([N+](=O)[O-])=CC=C1F. The zero-order valence-corrected chi connectivity index (χ0v) is 15.1. The summed E-state index contributed by atoms with van der Waals surface area (Å²) in [6.07, 6.45) is 4.27. The van der Waals surface area contributed by atoms with Crippen LogP contribution in [0.5, 0.6) is 0 Å². The maximum Gasteiger partial charge on any atom is 0.247 e. The van der Waals surface area contributed by atoms with Crippen molar-refractivity contribution in [1.82, 2.24) is 0 Å². The van der Waals surface area contributed by atoms with E-state index < -0.39 is 36.3 Å². The molecule has 1 saturated carbocycles. The fourth-order valence-electron chi connectivity index (χ4n) is 4.30. The Hall–Kier alpha value is -1.77. The van der Waals surface area contributed by atoms with Crippen molar-refractivity contribution in [2.24, 2.45) is 16.1 Å². The van der Waals surface area contributed by atoms with Crippen LogP contribution in [0.15, 0.2) is 28.7 Å². The zero-order chi connectivity index (χ0) is 18.7. The molecular formula is C16H22FN3O4S. The van der Waals surface area contributed by atoms with Crippen LogP contribution in [0.25, 0.3) is 0 Å². The monoisotopic (exact) mass is 371 g/mol. The number of sulfone groups is 1. The third-order valence-corrected chi connectivity index (χ3v) is 8.97. The molecule has 2 N–H and O–H groups in total. The molecule has 3 aliphatic rings. The minimum atomic E-state index is -3.67. The molecule has 25 heavy (non-hydrogen) atoms. The van der Waals surface area contributed by atoms with E-state index in [1.165, 1.54) is 13.8 Å². The first-order valence-electron chi connectivity index (χ1n) is 8.27. The Labute approximate surface area is 145 Å². The summed E-state index contributed by atoms with van der Waals surface area (Å²) in [6.45, 7) is 3.00. The molecule has 0 radical (unpaired) electrons. The van der Waals surface area contributed by atoms with Crippen molar-refractivity contribution < 1.29 is 17.7 Å². The number of hydrogen-bond donors (Lipinski definition) is 1. The summed E-state index contributed by atoms with van der Waals surface area (Å²) in [5.74, 6) is -0.969. The number of nitrogens with two attached hydrogens (primary N) is 1. The molecule has 138 valence electrons. The highest BCUT2D eigenvalue weighted by molar-refractivity contribution is 7.93. The Bertz CT molecular complexity index is 826. The standard InChI is InChI=1S/C16H22FN3O4S/c1-14(9-11(20(21)22)5-6-12(14)17)15(2)10-25(23,24)16(13(18)19-15)7-3-4-8-16/h5-6H,3-4,7-10H2,1-2H3,(H2,18,19)/t14?,15-/m0/s1. The van der Waals surface area contributed by atoms with E-state index in [0.717, 1.165) is 25.0 Å². The molecule has 9 heteroatoms. The van der Waals surface area contributed by atoms with Crippen LogP contribution in [0.2, 0.25) is 0 Å². The van der Waals surface area contributed by atoms with Crippen LogP contribution >= 0.6 is 0 Å². The number of aliphatic imine (C=N–C) groups is 1. The fraction of sp³-hybridized carbons (Fsp3) is 0.688. The summed E-state index contributed by atoms with van der Waals surface area (Å²) < 4.78 is 39.8. The van der Waals surface area contributed by atoms with Gasteiger partial charge in [-0.1, -0.05) is 19.8 Å². The highest BCUT2D eigenvalue weighted by Gasteiger charge is 2.61. The van der Waals surface area contributed by atoms with E-state index in [9.17, 15) is 22.9 Å². The van der Waals surface area contributed by atoms with Crippen LogP contribution in [-0.4, -0.2) is 35.2 Å². The maximum absolute atomic E-state index is 14.7. The number of amidine groups is 1. The summed E-state index contributed by atoms with van der Waals surface area (Å²) in [7, 11) is -3.67. The maximum atomic E-state index is 14.7. The van der Waals surface area contributed by atoms with Gasteiger partial charge in [0, 0.05) is 6.08 Å². The predicted octanol–water partition coefficient (Wildman–Crippen LogP) is 2.27. The molecule has 1 fully saturated rings. The number of halogens is 1. The molecule has 0 bridgehead atoms. The van der Waals surface area contributed by atoms with Gasteiger partial charge in [0.1, 0.15) is 16.4 Å². The van der Waals surface area contributed by atoms with Crippen LogP contribution in [-0.2, 0) is 9.84 Å².